The highest BCUT2D eigenvalue weighted by molar-refractivity contribution is 7.99. The Labute approximate surface area is 156 Å². The number of nitrogens with zero attached hydrogens (tertiary/aromatic N) is 2. The van der Waals surface area contributed by atoms with Crippen LogP contribution in [0.5, 0.6) is 5.75 Å². The van der Waals surface area contributed by atoms with Gasteiger partial charge in [0.15, 0.2) is 0 Å². The number of benzene rings is 1. The summed E-state index contributed by atoms with van der Waals surface area (Å²) in [5.41, 5.74) is 0.192. The van der Waals surface area contributed by atoms with Crippen LogP contribution in [0, 0.1) is 12.3 Å². The highest BCUT2D eigenvalue weighted by Crippen LogP contribution is 2.31. The summed E-state index contributed by atoms with van der Waals surface area (Å²) in [4.78, 5) is 16.9. The van der Waals surface area contributed by atoms with E-state index in [2.05, 4.69) is 21.4 Å². The molecule has 1 aliphatic carbocycles. The average Bonchev–Trinajstić information content (AvgIpc) is 2.63. The van der Waals surface area contributed by atoms with Gasteiger partial charge < -0.3 is 15.3 Å². The van der Waals surface area contributed by atoms with Gasteiger partial charge in [0, 0.05) is 17.1 Å². The minimum atomic E-state index is -0.721. The number of terminal acetylenes is 1. The van der Waals surface area contributed by atoms with E-state index < -0.39 is 11.0 Å². The zero-order valence-electron chi connectivity index (χ0n) is 14.3. The van der Waals surface area contributed by atoms with Crippen LogP contribution in [0.25, 0.3) is 10.9 Å². The largest absolute Gasteiger partial charge is 0.470 e. The maximum atomic E-state index is 12.6. The molecule has 2 N–H and O–H groups in total. The third-order valence-corrected chi connectivity index (χ3v) is 5.15. The van der Waals surface area contributed by atoms with E-state index in [1.165, 1.54) is 18.0 Å². The Hall–Kier alpha value is -2.72. The summed E-state index contributed by atoms with van der Waals surface area (Å²) >= 11 is 1.29. The molecule has 0 radical (unpaired) electrons. The van der Waals surface area contributed by atoms with Gasteiger partial charge in [-0.2, -0.15) is 0 Å². The van der Waals surface area contributed by atoms with Gasteiger partial charge in [0.1, 0.15) is 5.75 Å². The Bertz CT molecular complexity index is 887. The first-order valence-electron chi connectivity index (χ1n) is 8.16. The molecule has 1 heterocycles. The Balaban J connectivity index is 1.76. The predicted octanol–water partition coefficient (Wildman–Crippen LogP) is 2.78. The second-order valence-corrected chi connectivity index (χ2v) is 7.05. The van der Waals surface area contributed by atoms with Gasteiger partial charge in [-0.25, -0.2) is 0 Å². The number of carbonyl (C=O) groups excluding carboxylic acids is 1. The van der Waals surface area contributed by atoms with Crippen LogP contribution in [0.2, 0.25) is 0 Å². The van der Waals surface area contributed by atoms with Crippen molar-refractivity contribution in [2.45, 2.75) is 30.2 Å². The molecule has 0 aliphatic heterocycles. The van der Waals surface area contributed by atoms with Crippen molar-refractivity contribution < 1.29 is 14.7 Å². The number of aromatic nitrogens is 1. The van der Waals surface area contributed by atoms with Crippen molar-refractivity contribution in [3.63, 3.8) is 0 Å². The number of hydrogen-bond acceptors (Lipinski definition) is 6. The van der Waals surface area contributed by atoms with Crippen LogP contribution in [-0.2, 0) is 4.79 Å². The van der Waals surface area contributed by atoms with Crippen molar-refractivity contribution in [1.82, 2.24) is 10.3 Å². The first-order valence-corrected chi connectivity index (χ1v) is 9.44. The van der Waals surface area contributed by atoms with Crippen molar-refractivity contribution in [2.75, 3.05) is 6.26 Å². The Morgan fingerprint density at radius 1 is 1.54 bits per heavy atom. The molecule has 2 aromatic rings. The lowest BCUT2D eigenvalue weighted by molar-refractivity contribution is -0.126. The second kappa shape index (κ2) is 7.67. The average molecular weight is 369 g/mol. The fraction of sp³-hybridized carbons (Fsp3) is 0.316. The number of amides is 1. The van der Waals surface area contributed by atoms with Gasteiger partial charge in [-0.05, 0) is 49.8 Å². The molecule has 1 saturated carbocycles. The summed E-state index contributed by atoms with van der Waals surface area (Å²) in [6, 6.07) is 7.26. The standard InChI is InChI=1S/C19H19N3O3S/c1-3-13-9-14-10-15(5-6-16(14)20-11-13)25-18(26-2)17(23)22-19(12-21-24)7-4-8-19/h1,5-6,9-12,18,24H,4,7-8H2,2H3,(H,22,23). The number of carbonyl (C=O) groups is 1. The zero-order chi connectivity index (χ0) is 18.6. The van der Waals surface area contributed by atoms with Crippen LogP contribution in [0.3, 0.4) is 0 Å². The van der Waals surface area contributed by atoms with E-state index in [1.807, 2.05) is 18.2 Å². The molecule has 134 valence electrons. The van der Waals surface area contributed by atoms with Gasteiger partial charge in [-0.3, -0.25) is 9.78 Å². The van der Waals surface area contributed by atoms with Gasteiger partial charge in [0.05, 0.1) is 17.3 Å². The fourth-order valence-electron chi connectivity index (χ4n) is 2.85. The van der Waals surface area contributed by atoms with E-state index in [0.717, 1.165) is 30.2 Å². The molecule has 1 fully saturated rings. The van der Waals surface area contributed by atoms with Gasteiger partial charge in [0.25, 0.3) is 5.91 Å². The van der Waals surface area contributed by atoms with Crippen LogP contribution in [-0.4, -0.2) is 39.5 Å². The summed E-state index contributed by atoms with van der Waals surface area (Å²) in [6.07, 6.45) is 12.7. The Morgan fingerprint density at radius 2 is 2.35 bits per heavy atom. The first kappa shape index (κ1) is 18.1. The lowest BCUT2D eigenvalue weighted by Gasteiger charge is -2.39. The van der Waals surface area contributed by atoms with Crippen LogP contribution < -0.4 is 10.1 Å². The van der Waals surface area contributed by atoms with Gasteiger partial charge in [-0.1, -0.05) is 11.1 Å². The van der Waals surface area contributed by atoms with Gasteiger partial charge in [0.2, 0.25) is 5.44 Å². The number of ether oxygens (including phenoxy) is 1. The molecule has 3 rings (SSSR count). The molecule has 0 spiro atoms. The van der Waals surface area contributed by atoms with E-state index >= 15 is 0 Å². The first-order chi connectivity index (χ1) is 12.6. The third-order valence-electron chi connectivity index (χ3n) is 4.41. The highest BCUT2D eigenvalue weighted by Gasteiger charge is 2.39. The summed E-state index contributed by atoms with van der Waals surface area (Å²) in [5, 5.41) is 15.7. The van der Waals surface area contributed by atoms with Crippen molar-refractivity contribution in [3.8, 4) is 18.1 Å². The molecule has 0 bridgehead atoms. The van der Waals surface area contributed by atoms with Crippen molar-refractivity contribution >= 4 is 34.8 Å². The van der Waals surface area contributed by atoms with Crippen molar-refractivity contribution in [2.24, 2.45) is 5.16 Å². The lowest BCUT2D eigenvalue weighted by Crippen LogP contribution is -2.57. The number of oxime groups is 1. The molecule has 1 aromatic carbocycles. The molecule has 7 heteroatoms. The molecule has 1 aromatic heterocycles. The number of nitrogens with one attached hydrogen (secondary N) is 1. The molecular formula is C19H19N3O3S. The molecule has 26 heavy (non-hydrogen) atoms. The number of fused-ring (bicyclic) bond motifs is 1. The normalized spacial score (nSPS) is 16.6. The SMILES string of the molecule is C#Cc1cnc2ccc(OC(SC)C(=O)NC3(C=NO)CCC3)cc2c1. The smallest absolute Gasteiger partial charge is 0.272 e. The molecule has 6 nitrogen and oxygen atoms in total. The van der Waals surface area contributed by atoms with Crippen molar-refractivity contribution in [1.29, 1.82) is 0 Å². The number of rotatable bonds is 6. The topological polar surface area (TPSA) is 83.8 Å². The summed E-state index contributed by atoms with van der Waals surface area (Å²) in [7, 11) is 0. The Kier molecular flexibility index (Phi) is 5.33. The van der Waals surface area contributed by atoms with E-state index in [-0.39, 0.29) is 5.91 Å². The van der Waals surface area contributed by atoms with Crippen LogP contribution >= 0.6 is 11.8 Å². The molecule has 1 unspecified atom stereocenters. The van der Waals surface area contributed by atoms with E-state index in [4.69, 9.17) is 16.4 Å². The highest BCUT2D eigenvalue weighted by atomic mass is 32.2. The van der Waals surface area contributed by atoms with E-state index in [1.54, 1.807) is 18.5 Å². The molecule has 1 aliphatic rings. The third kappa shape index (κ3) is 3.75. The maximum Gasteiger partial charge on any atom is 0.272 e. The number of thioether (sulfide) groups is 1. The molecule has 0 saturated heterocycles. The maximum absolute atomic E-state index is 12.6. The van der Waals surface area contributed by atoms with Gasteiger partial charge >= 0.3 is 0 Å². The second-order valence-electron chi connectivity index (χ2n) is 6.15. The predicted molar refractivity (Wildman–Crippen MR) is 103 cm³/mol. The molecular weight excluding hydrogens is 350 g/mol. The van der Waals surface area contributed by atoms with E-state index in [9.17, 15) is 4.79 Å². The fourth-order valence-corrected chi connectivity index (χ4v) is 3.33. The van der Waals surface area contributed by atoms with Crippen LogP contribution in [0.15, 0.2) is 35.6 Å². The summed E-state index contributed by atoms with van der Waals surface area (Å²) in [6.45, 7) is 0. The van der Waals surface area contributed by atoms with Crippen molar-refractivity contribution in [3.05, 3.63) is 36.0 Å². The summed E-state index contributed by atoms with van der Waals surface area (Å²) in [5.74, 6) is 2.86. The lowest BCUT2D eigenvalue weighted by atomic mass is 9.78. The zero-order valence-corrected chi connectivity index (χ0v) is 15.1. The monoisotopic (exact) mass is 369 g/mol. The van der Waals surface area contributed by atoms with Crippen LogP contribution in [0.4, 0.5) is 0 Å². The van der Waals surface area contributed by atoms with E-state index in [0.29, 0.717) is 11.3 Å². The molecule has 1 amide bonds. The quantitative estimate of drug-likeness (QED) is 0.269. The molecule has 1 atom stereocenters. The number of pyridine rings is 1. The number of hydrogen-bond donors (Lipinski definition) is 2. The van der Waals surface area contributed by atoms with Gasteiger partial charge in [-0.15, -0.1) is 18.2 Å². The van der Waals surface area contributed by atoms with Crippen LogP contribution in [0.1, 0.15) is 24.8 Å². The summed E-state index contributed by atoms with van der Waals surface area (Å²) < 4.78 is 5.86. The Morgan fingerprint density at radius 3 is 2.96 bits per heavy atom. The minimum absolute atomic E-state index is 0.257. The minimum Gasteiger partial charge on any atom is -0.470 e.